The van der Waals surface area contributed by atoms with E-state index in [0.29, 0.717) is 0 Å². The van der Waals surface area contributed by atoms with E-state index in [-0.39, 0.29) is 0 Å². The first-order valence-corrected chi connectivity index (χ1v) is 5.84. The van der Waals surface area contributed by atoms with Gasteiger partial charge in [0.25, 0.3) is 0 Å². The van der Waals surface area contributed by atoms with Gasteiger partial charge in [-0.1, -0.05) is 29.8 Å². The Morgan fingerprint density at radius 3 is 2.77 bits per heavy atom. The Balaban J connectivity index is 2.94. The highest BCUT2D eigenvalue weighted by molar-refractivity contribution is 14.1. The van der Waals surface area contributed by atoms with Crippen LogP contribution in [0.15, 0.2) is 28.9 Å². The van der Waals surface area contributed by atoms with Crippen molar-refractivity contribution in [1.29, 1.82) is 0 Å². The molecule has 4 heteroatoms. The molecule has 0 aliphatic heterocycles. The summed E-state index contributed by atoms with van der Waals surface area (Å²) in [6, 6.07) is 7.83. The van der Waals surface area contributed by atoms with Gasteiger partial charge >= 0.3 is 0 Å². The minimum Gasteiger partial charge on any atom is -0.240 e. The van der Waals surface area contributed by atoms with Crippen LogP contribution in [0.25, 0.3) is 10.9 Å². The van der Waals surface area contributed by atoms with Gasteiger partial charge in [-0.15, -0.1) is 0 Å². The van der Waals surface area contributed by atoms with Gasteiger partial charge in [0.15, 0.2) is 0 Å². The highest BCUT2D eigenvalue weighted by Gasteiger charge is 2.07. The number of aromatic nitrogens is 1. The molecule has 13 heavy (non-hydrogen) atoms. The molecule has 0 unspecified atom stereocenters. The van der Waals surface area contributed by atoms with E-state index in [4.69, 9.17) is 11.6 Å². The molecule has 0 aliphatic rings. The smallest absolute Gasteiger partial charge is 0.121 e. The normalized spacial score (nSPS) is 10.7. The lowest BCUT2D eigenvalue weighted by molar-refractivity contribution is 1.33. The maximum absolute atomic E-state index is 6.15. The van der Waals surface area contributed by atoms with Gasteiger partial charge in [-0.3, -0.25) is 0 Å². The molecule has 1 heterocycles. The van der Waals surface area contributed by atoms with Crippen LogP contribution >= 0.6 is 50.1 Å². The number of para-hydroxylation sites is 1. The lowest BCUT2D eigenvalue weighted by Gasteiger charge is -2.03. The number of nitrogens with zero attached hydrogens (tertiary/aromatic N) is 1. The lowest BCUT2D eigenvalue weighted by atomic mass is 10.2. The summed E-state index contributed by atoms with van der Waals surface area (Å²) in [5.41, 5.74) is 0.916. The quantitative estimate of drug-likeness (QED) is 0.500. The van der Waals surface area contributed by atoms with Crippen molar-refractivity contribution in [2.24, 2.45) is 0 Å². The molecule has 0 atom stereocenters. The summed E-state index contributed by atoms with van der Waals surface area (Å²) in [5, 5.41) is 1.76. The second kappa shape index (κ2) is 3.71. The highest BCUT2D eigenvalue weighted by atomic mass is 127. The number of fused-ring (bicyclic) bond motifs is 1. The summed E-state index contributed by atoms with van der Waals surface area (Å²) < 4.78 is 1.76. The fourth-order valence-corrected chi connectivity index (χ4v) is 2.28. The van der Waals surface area contributed by atoms with Crippen molar-refractivity contribution in [2.75, 3.05) is 0 Å². The van der Waals surface area contributed by atoms with Crippen molar-refractivity contribution in [3.63, 3.8) is 0 Å². The van der Waals surface area contributed by atoms with Gasteiger partial charge in [-0.2, -0.15) is 0 Å². The molecule has 1 aromatic heterocycles. The first-order chi connectivity index (χ1) is 6.20. The monoisotopic (exact) mass is 367 g/mol. The molecule has 66 valence electrons. The van der Waals surface area contributed by atoms with Crippen LogP contribution in [0.4, 0.5) is 0 Å². The first kappa shape index (κ1) is 9.68. The molecular weight excluding hydrogens is 364 g/mol. The fraction of sp³-hybridized carbons (Fsp3) is 0. The zero-order valence-electron chi connectivity index (χ0n) is 6.39. The molecule has 0 amide bonds. The average Bonchev–Trinajstić information content (AvgIpc) is 2.15. The van der Waals surface area contributed by atoms with Crippen molar-refractivity contribution in [2.45, 2.75) is 0 Å². The van der Waals surface area contributed by atoms with Gasteiger partial charge in [-0.05, 0) is 44.6 Å². The number of pyridine rings is 1. The molecule has 0 radical (unpaired) electrons. The fourth-order valence-electron chi connectivity index (χ4n) is 1.12. The van der Waals surface area contributed by atoms with Crippen LogP contribution in [0.3, 0.4) is 0 Å². The Bertz CT molecular complexity index is 472. The van der Waals surface area contributed by atoms with Crippen LogP contribution in [0, 0.1) is 3.57 Å². The first-order valence-electron chi connectivity index (χ1n) is 3.59. The van der Waals surface area contributed by atoms with Crippen molar-refractivity contribution in [3.05, 3.63) is 37.5 Å². The summed E-state index contributed by atoms with van der Waals surface area (Å²) in [7, 11) is 0. The van der Waals surface area contributed by atoms with Crippen molar-refractivity contribution in [1.82, 2.24) is 4.98 Å². The molecule has 0 spiro atoms. The highest BCUT2D eigenvalue weighted by Crippen LogP contribution is 2.31. The minimum absolute atomic E-state index is 0.762. The third-order valence-corrected chi connectivity index (χ3v) is 4.81. The molecule has 2 rings (SSSR count). The molecule has 0 bridgehead atoms. The van der Waals surface area contributed by atoms with Crippen LogP contribution < -0.4 is 0 Å². The van der Waals surface area contributed by atoms with Crippen molar-refractivity contribution < 1.29 is 0 Å². The van der Waals surface area contributed by atoms with Gasteiger partial charge in [0.1, 0.15) is 4.60 Å². The van der Waals surface area contributed by atoms with E-state index in [2.05, 4.69) is 43.5 Å². The molecule has 1 nitrogen and oxygen atoms in total. The SMILES string of the molecule is Clc1c(I)c(Br)nc2ccccc12. The van der Waals surface area contributed by atoms with Crippen LogP contribution in [0.1, 0.15) is 0 Å². The van der Waals surface area contributed by atoms with E-state index in [9.17, 15) is 0 Å². The number of hydrogen-bond donors (Lipinski definition) is 0. The van der Waals surface area contributed by atoms with E-state index in [1.54, 1.807) is 0 Å². The maximum atomic E-state index is 6.15. The number of halogens is 3. The maximum Gasteiger partial charge on any atom is 0.121 e. The van der Waals surface area contributed by atoms with Gasteiger partial charge in [0.2, 0.25) is 0 Å². The molecule has 2 aromatic rings. The molecule has 0 fully saturated rings. The predicted octanol–water partition coefficient (Wildman–Crippen LogP) is 4.26. The zero-order valence-corrected chi connectivity index (χ0v) is 10.9. The third kappa shape index (κ3) is 1.69. The number of hydrogen-bond acceptors (Lipinski definition) is 1. The summed E-state index contributed by atoms with van der Waals surface area (Å²) in [6.45, 7) is 0. The molecule has 0 saturated carbocycles. The van der Waals surface area contributed by atoms with Gasteiger partial charge in [-0.25, -0.2) is 4.98 Å². The summed E-state index contributed by atoms with van der Waals surface area (Å²) in [5.74, 6) is 0. The second-order valence-electron chi connectivity index (χ2n) is 2.55. The van der Waals surface area contributed by atoms with Crippen LogP contribution in [0.5, 0.6) is 0 Å². The second-order valence-corrected chi connectivity index (χ2v) is 4.76. The Morgan fingerprint density at radius 1 is 1.31 bits per heavy atom. The van der Waals surface area contributed by atoms with E-state index in [1.165, 1.54) is 0 Å². The summed E-state index contributed by atoms with van der Waals surface area (Å²) >= 11 is 11.7. The van der Waals surface area contributed by atoms with Crippen LogP contribution in [0.2, 0.25) is 5.02 Å². The minimum atomic E-state index is 0.762. The van der Waals surface area contributed by atoms with E-state index in [0.717, 1.165) is 24.1 Å². The summed E-state index contributed by atoms with van der Waals surface area (Å²) in [6.07, 6.45) is 0. The largest absolute Gasteiger partial charge is 0.240 e. The van der Waals surface area contributed by atoms with Gasteiger partial charge in [0.05, 0.1) is 14.1 Å². The van der Waals surface area contributed by atoms with Gasteiger partial charge < -0.3 is 0 Å². The van der Waals surface area contributed by atoms with Crippen LogP contribution in [-0.4, -0.2) is 4.98 Å². The summed E-state index contributed by atoms with van der Waals surface area (Å²) in [4.78, 5) is 4.36. The predicted molar refractivity (Wildman–Crippen MR) is 67.2 cm³/mol. The average molecular weight is 368 g/mol. The van der Waals surface area contributed by atoms with Crippen molar-refractivity contribution in [3.8, 4) is 0 Å². The number of rotatable bonds is 0. The topological polar surface area (TPSA) is 12.9 Å². The Labute approximate surface area is 103 Å². The van der Waals surface area contributed by atoms with E-state index >= 15 is 0 Å². The third-order valence-electron chi connectivity index (χ3n) is 1.73. The van der Waals surface area contributed by atoms with E-state index in [1.807, 2.05) is 24.3 Å². The molecule has 0 aliphatic carbocycles. The number of benzene rings is 1. The molecule has 0 N–H and O–H groups in total. The molecule has 1 aromatic carbocycles. The Morgan fingerprint density at radius 2 is 2.00 bits per heavy atom. The Hall–Kier alpha value is 0.130. The Kier molecular flexibility index (Phi) is 2.76. The van der Waals surface area contributed by atoms with Crippen molar-refractivity contribution >= 4 is 61.0 Å². The molecule has 0 saturated heterocycles. The van der Waals surface area contributed by atoms with Crippen LogP contribution in [-0.2, 0) is 0 Å². The zero-order chi connectivity index (χ0) is 9.42. The lowest BCUT2D eigenvalue weighted by Crippen LogP contribution is -1.86. The van der Waals surface area contributed by atoms with E-state index < -0.39 is 0 Å². The standard InChI is InChI=1S/C9H4BrClIN/c10-9-8(12)7(11)5-3-1-2-4-6(5)13-9/h1-4H. The van der Waals surface area contributed by atoms with Gasteiger partial charge in [0, 0.05) is 5.39 Å². The molecular formula is C9H4BrClIN.